The van der Waals surface area contributed by atoms with Crippen molar-refractivity contribution in [1.82, 2.24) is 9.71 Å². The fraction of sp³-hybridized carbons (Fsp3) is 0.308. The monoisotopic (exact) mass is 327 g/mol. The third-order valence-corrected chi connectivity index (χ3v) is 5.20. The standard InChI is InChI=1S/C13H17N3O3S2/c1-9-15-7-11(20-9)8-16-21(17,18)12-3-4-13(19-2)10(5-12)6-14/h3-5,7,16H,6,8,14H2,1-2H3. The van der Waals surface area contributed by atoms with Crippen LogP contribution in [0.25, 0.3) is 0 Å². The topological polar surface area (TPSA) is 94.3 Å². The molecule has 0 spiro atoms. The summed E-state index contributed by atoms with van der Waals surface area (Å²) in [7, 11) is -2.07. The molecule has 1 aromatic carbocycles. The van der Waals surface area contributed by atoms with Gasteiger partial charge in [-0.25, -0.2) is 18.1 Å². The van der Waals surface area contributed by atoms with Crippen molar-refractivity contribution in [1.29, 1.82) is 0 Å². The molecule has 0 aliphatic heterocycles. The highest BCUT2D eigenvalue weighted by Gasteiger charge is 2.16. The lowest BCUT2D eigenvalue weighted by Gasteiger charge is -2.10. The first-order valence-corrected chi connectivity index (χ1v) is 8.54. The Labute approximate surface area is 128 Å². The summed E-state index contributed by atoms with van der Waals surface area (Å²) in [4.78, 5) is 5.13. The average molecular weight is 327 g/mol. The number of aryl methyl sites for hydroxylation is 1. The predicted molar refractivity (Wildman–Crippen MR) is 81.8 cm³/mol. The maximum absolute atomic E-state index is 12.3. The van der Waals surface area contributed by atoms with Crippen molar-refractivity contribution < 1.29 is 13.2 Å². The number of nitrogens with zero attached hydrogens (tertiary/aromatic N) is 1. The summed E-state index contributed by atoms with van der Waals surface area (Å²) in [5.74, 6) is 0.578. The smallest absolute Gasteiger partial charge is 0.240 e. The van der Waals surface area contributed by atoms with Gasteiger partial charge in [-0.1, -0.05) is 0 Å². The lowest BCUT2D eigenvalue weighted by molar-refractivity contribution is 0.409. The van der Waals surface area contributed by atoms with Crippen molar-refractivity contribution in [2.45, 2.75) is 24.9 Å². The van der Waals surface area contributed by atoms with Crippen LogP contribution in [-0.4, -0.2) is 20.5 Å². The Hall–Kier alpha value is -1.48. The van der Waals surface area contributed by atoms with E-state index < -0.39 is 10.0 Å². The first-order chi connectivity index (χ1) is 9.96. The summed E-state index contributed by atoms with van der Waals surface area (Å²) in [6.07, 6.45) is 1.67. The van der Waals surface area contributed by atoms with Gasteiger partial charge in [0.25, 0.3) is 0 Å². The lowest BCUT2D eigenvalue weighted by atomic mass is 10.2. The van der Waals surface area contributed by atoms with E-state index in [2.05, 4.69) is 9.71 Å². The summed E-state index contributed by atoms with van der Waals surface area (Å²) in [5, 5.41) is 0.902. The molecule has 0 atom stereocenters. The van der Waals surface area contributed by atoms with Gasteiger partial charge in [-0.15, -0.1) is 11.3 Å². The van der Waals surface area contributed by atoms with Crippen LogP contribution in [0.3, 0.4) is 0 Å². The average Bonchev–Trinajstić information content (AvgIpc) is 2.90. The number of rotatable bonds is 6. The van der Waals surface area contributed by atoms with Gasteiger partial charge in [0.15, 0.2) is 0 Å². The highest BCUT2D eigenvalue weighted by molar-refractivity contribution is 7.89. The molecule has 1 aromatic heterocycles. The molecule has 0 saturated carbocycles. The molecular formula is C13H17N3O3S2. The van der Waals surface area contributed by atoms with E-state index in [0.717, 1.165) is 9.88 Å². The van der Waals surface area contributed by atoms with Crippen molar-refractivity contribution in [3.8, 4) is 5.75 Å². The second-order valence-corrected chi connectivity index (χ2v) is 7.43. The maximum atomic E-state index is 12.3. The van der Waals surface area contributed by atoms with Gasteiger partial charge in [0, 0.05) is 29.7 Å². The van der Waals surface area contributed by atoms with Crippen LogP contribution < -0.4 is 15.2 Å². The fourth-order valence-electron chi connectivity index (χ4n) is 1.82. The van der Waals surface area contributed by atoms with Gasteiger partial charge >= 0.3 is 0 Å². The quantitative estimate of drug-likeness (QED) is 0.836. The van der Waals surface area contributed by atoms with Crippen molar-refractivity contribution in [3.05, 3.63) is 39.8 Å². The summed E-state index contributed by atoms with van der Waals surface area (Å²) in [6.45, 7) is 2.30. The van der Waals surface area contributed by atoms with E-state index in [9.17, 15) is 8.42 Å². The molecule has 0 aliphatic carbocycles. The second-order valence-electron chi connectivity index (χ2n) is 4.35. The number of ether oxygens (including phenoxy) is 1. The fourth-order valence-corrected chi connectivity index (χ4v) is 3.70. The Morgan fingerprint density at radius 1 is 1.43 bits per heavy atom. The minimum atomic E-state index is -3.59. The highest BCUT2D eigenvalue weighted by atomic mass is 32.2. The zero-order valence-corrected chi connectivity index (χ0v) is 13.4. The molecule has 0 unspecified atom stereocenters. The molecule has 0 fully saturated rings. The minimum absolute atomic E-state index is 0.171. The van der Waals surface area contributed by atoms with Crippen molar-refractivity contribution in [3.63, 3.8) is 0 Å². The van der Waals surface area contributed by atoms with E-state index in [1.165, 1.54) is 30.6 Å². The molecule has 0 bridgehead atoms. The van der Waals surface area contributed by atoms with Crippen LogP contribution >= 0.6 is 11.3 Å². The number of hydrogen-bond acceptors (Lipinski definition) is 6. The molecule has 0 radical (unpaired) electrons. The minimum Gasteiger partial charge on any atom is -0.496 e. The molecule has 0 aliphatic rings. The molecule has 8 heteroatoms. The van der Waals surface area contributed by atoms with Gasteiger partial charge in [-0.3, -0.25) is 0 Å². The summed E-state index contributed by atoms with van der Waals surface area (Å²) in [5.41, 5.74) is 6.25. The molecule has 2 rings (SSSR count). The van der Waals surface area contributed by atoms with Crippen LogP contribution in [0.2, 0.25) is 0 Å². The lowest BCUT2D eigenvalue weighted by Crippen LogP contribution is -2.23. The zero-order chi connectivity index (χ0) is 15.5. The Kier molecular flexibility index (Phi) is 4.94. The Bertz CT molecular complexity index is 726. The van der Waals surface area contributed by atoms with Gasteiger partial charge < -0.3 is 10.5 Å². The summed E-state index contributed by atoms with van der Waals surface area (Å²) < 4.78 is 32.2. The van der Waals surface area contributed by atoms with Crippen LogP contribution in [0, 0.1) is 6.92 Å². The van der Waals surface area contributed by atoms with Crippen LogP contribution in [-0.2, 0) is 23.1 Å². The van der Waals surface area contributed by atoms with Gasteiger partial charge in [0.05, 0.1) is 17.0 Å². The van der Waals surface area contributed by atoms with Crippen LogP contribution in [0.1, 0.15) is 15.4 Å². The van der Waals surface area contributed by atoms with E-state index in [0.29, 0.717) is 11.3 Å². The van der Waals surface area contributed by atoms with Gasteiger partial charge in [-0.05, 0) is 25.1 Å². The van der Waals surface area contributed by atoms with E-state index in [1.807, 2.05) is 6.92 Å². The molecule has 2 aromatic rings. The normalized spacial score (nSPS) is 11.6. The maximum Gasteiger partial charge on any atom is 0.240 e. The number of methoxy groups -OCH3 is 1. The molecule has 114 valence electrons. The Morgan fingerprint density at radius 2 is 2.19 bits per heavy atom. The number of hydrogen-bond donors (Lipinski definition) is 2. The third-order valence-electron chi connectivity index (χ3n) is 2.89. The van der Waals surface area contributed by atoms with Crippen LogP contribution in [0.5, 0.6) is 5.75 Å². The highest BCUT2D eigenvalue weighted by Crippen LogP contribution is 2.22. The number of nitrogens with two attached hydrogens (primary N) is 1. The molecule has 3 N–H and O–H groups in total. The zero-order valence-electron chi connectivity index (χ0n) is 11.8. The summed E-state index contributed by atoms with van der Waals surface area (Å²) >= 11 is 1.46. The number of sulfonamides is 1. The van der Waals surface area contributed by atoms with E-state index in [1.54, 1.807) is 12.3 Å². The largest absolute Gasteiger partial charge is 0.496 e. The second kappa shape index (κ2) is 6.52. The first-order valence-electron chi connectivity index (χ1n) is 6.24. The molecular weight excluding hydrogens is 310 g/mol. The van der Waals surface area contributed by atoms with E-state index in [-0.39, 0.29) is 18.0 Å². The molecule has 21 heavy (non-hydrogen) atoms. The molecule has 6 nitrogen and oxygen atoms in total. The van der Waals surface area contributed by atoms with Crippen molar-refractivity contribution >= 4 is 21.4 Å². The summed E-state index contributed by atoms with van der Waals surface area (Å²) in [6, 6.07) is 4.63. The Balaban J connectivity index is 2.19. The van der Waals surface area contributed by atoms with Crippen molar-refractivity contribution in [2.24, 2.45) is 5.73 Å². The number of nitrogens with one attached hydrogen (secondary N) is 1. The number of benzene rings is 1. The van der Waals surface area contributed by atoms with Crippen LogP contribution in [0.4, 0.5) is 0 Å². The molecule has 0 amide bonds. The molecule has 1 heterocycles. The predicted octanol–water partition coefficient (Wildman–Crippen LogP) is 1.40. The van der Waals surface area contributed by atoms with Gasteiger partial charge in [0.2, 0.25) is 10.0 Å². The third kappa shape index (κ3) is 3.79. The Morgan fingerprint density at radius 3 is 2.76 bits per heavy atom. The van der Waals surface area contributed by atoms with E-state index >= 15 is 0 Å². The first kappa shape index (κ1) is 15.9. The SMILES string of the molecule is COc1ccc(S(=O)(=O)NCc2cnc(C)s2)cc1CN. The van der Waals surface area contributed by atoms with Gasteiger partial charge in [0.1, 0.15) is 5.75 Å². The number of thiazole rings is 1. The molecule has 0 saturated heterocycles. The van der Waals surface area contributed by atoms with Gasteiger partial charge in [-0.2, -0.15) is 0 Å². The van der Waals surface area contributed by atoms with E-state index in [4.69, 9.17) is 10.5 Å². The number of aromatic nitrogens is 1. The van der Waals surface area contributed by atoms with Crippen molar-refractivity contribution in [2.75, 3.05) is 7.11 Å². The van der Waals surface area contributed by atoms with Crippen LogP contribution in [0.15, 0.2) is 29.3 Å².